The van der Waals surface area contributed by atoms with Crippen molar-refractivity contribution in [1.29, 1.82) is 0 Å². The molecule has 0 aliphatic carbocycles. The molecule has 0 spiro atoms. The number of rotatable bonds is 6. The number of benzene rings is 2. The van der Waals surface area contributed by atoms with Gasteiger partial charge in [0, 0.05) is 30.2 Å². The number of nitrogens with zero attached hydrogens (tertiary/aromatic N) is 2. The van der Waals surface area contributed by atoms with Gasteiger partial charge in [0.2, 0.25) is 0 Å². The standard InChI is InChI=1S/C19H17Cl2N3O5/c20-12-3-5-15(21)16(9-12)22-18(25)11-29-19(26)14-10-13(24(27)28)4-6-17(14)23-7-1-2-8-23/h3-6,9-10H,1-2,7-8,11H2,(H,22,25). The summed E-state index contributed by atoms with van der Waals surface area (Å²) >= 11 is 11.9. The van der Waals surface area contributed by atoms with Gasteiger partial charge in [-0.25, -0.2) is 4.79 Å². The Balaban J connectivity index is 1.72. The van der Waals surface area contributed by atoms with Crippen LogP contribution in [0.15, 0.2) is 36.4 Å². The van der Waals surface area contributed by atoms with E-state index in [0.717, 1.165) is 25.9 Å². The highest BCUT2D eigenvalue weighted by atomic mass is 35.5. The van der Waals surface area contributed by atoms with Crippen molar-refractivity contribution < 1.29 is 19.2 Å². The van der Waals surface area contributed by atoms with Gasteiger partial charge in [0.05, 0.1) is 26.9 Å². The molecule has 0 bridgehead atoms. The summed E-state index contributed by atoms with van der Waals surface area (Å²) in [6.07, 6.45) is 1.93. The largest absolute Gasteiger partial charge is 0.452 e. The molecule has 0 unspecified atom stereocenters. The lowest BCUT2D eigenvalue weighted by Gasteiger charge is -2.20. The summed E-state index contributed by atoms with van der Waals surface area (Å²) in [5, 5.41) is 14.3. The highest BCUT2D eigenvalue weighted by Crippen LogP contribution is 2.29. The number of nitrogens with one attached hydrogen (secondary N) is 1. The van der Waals surface area contributed by atoms with Crippen LogP contribution in [0, 0.1) is 10.1 Å². The number of carbonyl (C=O) groups excluding carboxylic acids is 2. The molecule has 1 heterocycles. The van der Waals surface area contributed by atoms with Crippen LogP contribution in [0.4, 0.5) is 17.1 Å². The topological polar surface area (TPSA) is 102 Å². The van der Waals surface area contributed by atoms with E-state index in [9.17, 15) is 19.7 Å². The number of halogens is 2. The number of hydrogen-bond acceptors (Lipinski definition) is 6. The molecule has 8 nitrogen and oxygen atoms in total. The van der Waals surface area contributed by atoms with E-state index in [1.165, 1.54) is 30.3 Å². The molecule has 2 aromatic rings. The van der Waals surface area contributed by atoms with Crippen LogP contribution in [0.1, 0.15) is 23.2 Å². The predicted octanol–water partition coefficient (Wildman–Crippen LogP) is 4.30. The summed E-state index contributed by atoms with van der Waals surface area (Å²) < 4.78 is 5.09. The van der Waals surface area contributed by atoms with Gasteiger partial charge in [-0.2, -0.15) is 0 Å². The van der Waals surface area contributed by atoms with Crippen LogP contribution in [-0.4, -0.2) is 36.5 Å². The van der Waals surface area contributed by atoms with Crippen LogP contribution in [0.3, 0.4) is 0 Å². The zero-order valence-corrected chi connectivity index (χ0v) is 16.7. The Morgan fingerprint density at radius 3 is 2.55 bits per heavy atom. The minimum absolute atomic E-state index is 0.0506. The number of non-ortho nitro benzene ring substituents is 1. The van der Waals surface area contributed by atoms with Crippen molar-refractivity contribution in [1.82, 2.24) is 0 Å². The van der Waals surface area contributed by atoms with Gasteiger partial charge in [0.25, 0.3) is 11.6 Å². The molecule has 1 N–H and O–H groups in total. The summed E-state index contributed by atoms with van der Waals surface area (Å²) in [6, 6.07) is 8.61. The van der Waals surface area contributed by atoms with E-state index in [1.54, 1.807) is 6.07 Å². The normalized spacial score (nSPS) is 13.2. The van der Waals surface area contributed by atoms with E-state index >= 15 is 0 Å². The van der Waals surface area contributed by atoms with Crippen molar-refractivity contribution in [3.05, 3.63) is 62.1 Å². The third-order valence-corrected chi connectivity index (χ3v) is 4.96. The number of carbonyl (C=O) groups is 2. The lowest BCUT2D eigenvalue weighted by atomic mass is 10.1. The number of nitro groups is 1. The second-order valence-electron chi connectivity index (χ2n) is 6.40. The third kappa shape index (κ3) is 5.16. The van der Waals surface area contributed by atoms with E-state index in [4.69, 9.17) is 27.9 Å². The van der Waals surface area contributed by atoms with E-state index in [2.05, 4.69) is 5.32 Å². The Hall–Kier alpha value is -2.84. The summed E-state index contributed by atoms with van der Waals surface area (Å²) in [6.45, 7) is 0.904. The molecule has 29 heavy (non-hydrogen) atoms. The lowest BCUT2D eigenvalue weighted by molar-refractivity contribution is -0.384. The maximum Gasteiger partial charge on any atom is 0.341 e. The Morgan fingerprint density at radius 2 is 1.86 bits per heavy atom. The molecule has 2 aromatic carbocycles. The number of amides is 1. The van der Waals surface area contributed by atoms with Gasteiger partial charge in [-0.05, 0) is 37.1 Å². The maximum atomic E-state index is 12.6. The van der Waals surface area contributed by atoms with Crippen molar-refractivity contribution in [2.45, 2.75) is 12.8 Å². The molecule has 10 heteroatoms. The van der Waals surface area contributed by atoms with Crippen molar-refractivity contribution in [2.24, 2.45) is 0 Å². The number of hydrogen-bond donors (Lipinski definition) is 1. The predicted molar refractivity (Wildman–Crippen MR) is 110 cm³/mol. The minimum Gasteiger partial charge on any atom is -0.452 e. The molecule has 1 amide bonds. The molecular weight excluding hydrogens is 421 g/mol. The molecule has 1 saturated heterocycles. The van der Waals surface area contributed by atoms with Crippen molar-refractivity contribution in [3.8, 4) is 0 Å². The van der Waals surface area contributed by atoms with Gasteiger partial charge in [-0.1, -0.05) is 23.2 Å². The van der Waals surface area contributed by atoms with Crippen LogP contribution in [-0.2, 0) is 9.53 Å². The zero-order valence-electron chi connectivity index (χ0n) is 15.2. The number of ether oxygens (including phenoxy) is 1. The Bertz CT molecular complexity index is 961. The Labute approximate surface area is 176 Å². The zero-order chi connectivity index (χ0) is 21.0. The van der Waals surface area contributed by atoms with Crippen LogP contribution < -0.4 is 10.2 Å². The van der Waals surface area contributed by atoms with E-state index < -0.39 is 23.4 Å². The maximum absolute atomic E-state index is 12.6. The highest BCUT2D eigenvalue weighted by Gasteiger charge is 2.24. The lowest BCUT2D eigenvalue weighted by Crippen LogP contribution is -2.24. The van der Waals surface area contributed by atoms with Crippen LogP contribution in [0.25, 0.3) is 0 Å². The second kappa shape index (κ2) is 9.11. The molecule has 3 rings (SSSR count). The van der Waals surface area contributed by atoms with Crippen molar-refractivity contribution in [3.63, 3.8) is 0 Å². The molecule has 0 aromatic heterocycles. The fourth-order valence-electron chi connectivity index (χ4n) is 3.02. The first-order valence-corrected chi connectivity index (χ1v) is 9.56. The molecule has 0 saturated carbocycles. The van der Waals surface area contributed by atoms with Gasteiger partial charge < -0.3 is 15.0 Å². The van der Waals surface area contributed by atoms with Gasteiger partial charge in [0.1, 0.15) is 0 Å². The van der Waals surface area contributed by atoms with Gasteiger partial charge in [0.15, 0.2) is 6.61 Å². The molecule has 0 atom stereocenters. The van der Waals surface area contributed by atoms with Crippen LogP contribution in [0.5, 0.6) is 0 Å². The monoisotopic (exact) mass is 437 g/mol. The average molecular weight is 438 g/mol. The number of anilines is 2. The quantitative estimate of drug-likeness (QED) is 0.410. The molecule has 152 valence electrons. The summed E-state index contributed by atoms with van der Waals surface area (Å²) in [7, 11) is 0. The first-order valence-electron chi connectivity index (χ1n) is 8.80. The van der Waals surface area contributed by atoms with Crippen molar-refractivity contribution in [2.75, 3.05) is 29.9 Å². The highest BCUT2D eigenvalue weighted by molar-refractivity contribution is 6.35. The summed E-state index contributed by atoms with van der Waals surface area (Å²) in [5.74, 6) is -1.43. The van der Waals surface area contributed by atoms with E-state index in [1.807, 2.05) is 4.90 Å². The van der Waals surface area contributed by atoms with Crippen LogP contribution in [0.2, 0.25) is 10.0 Å². The average Bonchev–Trinajstić information content (AvgIpc) is 3.23. The molecule has 0 radical (unpaired) electrons. The van der Waals surface area contributed by atoms with Crippen molar-refractivity contribution >= 4 is 52.1 Å². The summed E-state index contributed by atoms with van der Waals surface area (Å²) in [5.41, 5.74) is 0.662. The van der Waals surface area contributed by atoms with Gasteiger partial charge in [-0.15, -0.1) is 0 Å². The molecule has 1 aliphatic heterocycles. The third-order valence-electron chi connectivity index (χ3n) is 4.39. The fraction of sp³-hybridized carbons (Fsp3) is 0.263. The van der Waals surface area contributed by atoms with Crippen LogP contribution >= 0.6 is 23.2 Å². The van der Waals surface area contributed by atoms with Gasteiger partial charge in [-0.3, -0.25) is 14.9 Å². The SMILES string of the molecule is O=C(COC(=O)c1cc([N+](=O)[O-])ccc1N1CCCC1)Nc1cc(Cl)ccc1Cl. The number of nitro benzene ring substituents is 1. The molecule has 1 fully saturated rings. The second-order valence-corrected chi connectivity index (χ2v) is 7.24. The smallest absolute Gasteiger partial charge is 0.341 e. The van der Waals surface area contributed by atoms with E-state index in [0.29, 0.717) is 10.7 Å². The fourth-order valence-corrected chi connectivity index (χ4v) is 3.36. The first kappa shape index (κ1) is 20.9. The van der Waals surface area contributed by atoms with E-state index in [-0.39, 0.29) is 22.0 Å². The Kier molecular flexibility index (Phi) is 6.56. The molecular formula is C19H17Cl2N3O5. The minimum atomic E-state index is -0.817. The summed E-state index contributed by atoms with van der Waals surface area (Å²) in [4.78, 5) is 37.2. The number of esters is 1. The first-order chi connectivity index (χ1) is 13.8. The van der Waals surface area contributed by atoms with Gasteiger partial charge >= 0.3 is 5.97 Å². The molecule has 1 aliphatic rings. The Morgan fingerprint density at radius 1 is 1.14 bits per heavy atom.